The van der Waals surface area contributed by atoms with Crippen LogP contribution in [0.1, 0.15) is 5.82 Å². The summed E-state index contributed by atoms with van der Waals surface area (Å²) in [6.07, 6.45) is 0. The highest BCUT2D eigenvalue weighted by atomic mass is 15.3. The summed E-state index contributed by atoms with van der Waals surface area (Å²) in [4.78, 5) is 20.9. The Kier molecular flexibility index (Phi) is 4.32. The maximum absolute atomic E-state index is 6.03. The summed E-state index contributed by atoms with van der Waals surface area (Å²) in [7, 11) is 7.46. The third-order valence-corrected chi connectivity index (χ3v) is 2.65. The van der Waals surface area contributed by atoms with Crippen molar-refractivity contribution in [2.45, 2.75) is 0 Å². The molecule has 0 atom stereocenters. The van der Waals surface area contributed by atoms with Crippen molar-refractivity contribution in [3.05, 3.63) is 36.2 Å². The molecule has 0 radical (unpaired) electrons. The van der Waals surface area contributed by atoms with Crippen molar-refractivity contribution in [2.75, 3.05) is 38.0 Å². The van der Waals surface area contributed by atoms with E-state index in [-0.39, 0.29) is 5.84 Å². The van der Waals surface area contributed by atoms with Crippen LogP contribution >= 0.6 is 0 Å². The smallest absolute Gasteiger partial charge is 0.230 e. The molecule has 1 aromatic carbocycles. The van der Waals surface area contributed by atoms with Crippen molar-refractivity contribution in [3.8, 4) is 0 Å². The first kappa shape index (κ1) is 14.7. The summed E-state index contributed by atoms with van der Waals surface area (Å²) in [6.45, 7) is 0. The van der Waals surface area contributed by atoms with E-state index >= 15 is 0 Å². The number of aromatic nitrogens is 3. The lowest BCUT2D eigenvalue weighted by Gasteiger charge is -2.15. The van der Waals surface area contributed by atoms with E-state index in [1.54, 1.807) is 9.80 Å². The third-order valence-electron chi connectivity index (χ3n) is 2.65. The number of nitrogens with zero attached hydrogens (tertiary/aromatic N) is 6. The number of nitrogens with two attached hydrogens (primary N) is 1. The molecule has 0 aliphatic heterocycles. The second-order valence-electron chi connectivity index (χ2n) is 4.88. The maximum Gasteiger partial charge on any atom is 0.230 e. The van der Waals surface area contributed by atoms with Crippen molar-refractivity contribution < 1.29 is 0 Å². The predicted molar refractivity (Wildman–Crippen MR) is 85.3 cm³/mol. The van der Waals surface area contributed by atoms with Crippen LogP contribution in [0.5, 0.6) is 0 Å². The van der Waals surface area contributed by atoms with Crippen LogP contribution in [-0.4, -0.2) is 49.0 Å². The normalized spacial score (nSPS) is 11.3. The van der Waals surface area contributed by atoms with E-state index in [9.17, 15) is 0 Å². The molecule has 21 heavy (non-hydrogen) atoms. The van der Waals surface area contributed by atoms with Crippen LogP contribution in [0.4, 0.5) is 17.6 Å². The number of hydrogen-bond donors (Lipinski definition) is 1. The second kappa shape index (κ2) is 6.17. The minimum atomic E-state index is 0.259. The lowest BCUT2D eigenvalue weighted by Crippen LogP contribution is -2.24. The zero-order valence-corrected chi connectivity index (χ0v) is 12.6. The van der Waals surface area contributed by atoms with Crippen LogP contribution in [0.2, 0.25) is 0 Å². The standard InChI is InChI=1S/C14H19N7/c1-20(2)13-17-12(18-14(19-13)21(3)4)11(15)16-10-8-6-5-7-9-10/h5-9H,1-4H3,(H2,15,16). The molecule has 7 heteroatoms. The Morgan fingerprint density at radius 2 is 1.43 bits per heavy atom. The van der Waals surface area contributed by atoms with E-state index in [0.717, 1.165) is 5.69 Å². The minimum Gasteiger partial charge on any atom is -0.381 e. The SMILES string of the molecule is CN(C)c1nc(C(N)=Nc2ccccc2)nc(N(C)C)n1. The molecule has 0 fully saturated rings. The molecule has 0 bridgehead atoms. The Hall–Kier alpha value is -2.70. The molecule has 2 aromatic rings. The zero-order valence-electron chi connectivity index (χ0n) is 12.6. The molecule has 0 spiro atoms. The monoisotopic (exact) mass is 285 g/mol. The molecule has 7 nitrogen and oxygen atoms in total. The molecular formula is C14H19N7. The average Bonchev–Trinajstić information content (AvgIpc) is 2.47. The minimum absolute atomic E-state index is 0.259. The molecule has 0 aliphatic rings. The highest BCUT2D eigenvalue weighted by Crippen LogP contribution is 2.13. The van der Waals surface area contributed by atoms with Gasteiger partial charge in [0.25, 0.3) is 0 Å². The first-order valence-corrected chi connectivity index (χ1v) is 6.47. The van der Waals surface area contributed by atoms with Gasteiger partial charge in [-0.3, -0.25) is 0 Å². The van der Waals surface area contributed by atoms with Gasteiger partial charge < -0.3 is 15.5 Å². The van der Waals surface area contributed by atoms with Crippen LogP contribution in [0.3, 0.4) is 0 Å². The largest absolute Gasteiger partial charge is 0.381 e. The van der Waals surface area contributed by atoms with E-state index in [1.807, 2.05) is 58.5 Å². The number of anilines is 2. The molecule has 0 saturated carbocycles. The van der Waals surface area contributed by atoms with Crippen molar-refractivity contribution in [3.63, 3.8) is 0 Å². The molecule has 1 aromatic heterocycles. The van der Waals surface area contributed by atoms with Gasteiger partial charge in [0.2, 0.25) is 17.7 Å². The Bertz CT molecular complexity index is 609. The Morgan fingerprint density at radius 3 is 1.90 bits per heavy atom. The molecular weight excluding hydrogens is 266 g/mol. The zero-order chi connectivity index (χ0) is 15.4. The van der Waals surface area contributed by atoms with Gasteiger partial charge in [-0.2, -0.15) is 15.0 Å². The fourth-order valence-electron chi connectivity index (χ4n) is 1.56. The number of rotatable bonds is 4. The lowest BCUT2D eigenvalue weighted by atomic mass is 10.3. The molecule has 0 unspecified atom stereocenters. The van der Waals surface area contributed by atoms with Gasteiger partial charge in [0.15, 0.2) is 5.84 Å². The van der Waals surface area contributed by atoms with E-state index < -0.39 is 0 Å². The summed E-state index contributed by atoms with van der Waals surface area (Å²) >= 11 is 0. The molecule has 0 saturated heterocycles. The van der Waals surface area contributed by atoms with Gasteiger partial charge in [-0.25, -0.2) is 4.99 Å². The summed E-state index contributed by atoms with van der Waals surface area (Å²) < 4.78 is 0. The van der Waals surface area contributed by atoms with Crippen LogP contribution in [-0.2, 0) is 0 Å². The Morgan fingerprint density at radius 1 is 0.905 bits per heavy atom. The van der Waals surface area contributed by atoms with Gasteiger partial charge in [0, 0.05) is 28.2 Å². The van der Waals surface area contributed by atoms with E-state index in [0.29, 0.717) is 17.7 Å². The maximum atomic E-state index is 6.03. The summed E-state index contributed by atoms with van der Waals surface area (Å²) in [5.41, 5.74) is 6.78. The third kappa shape index (κ3) is 3.65. The summed E-state index contributed by atoms with van der Waals surface area (Å²) in [5.74, 6) is 1.70. The first-order chi connectivity index (χ1) is 9.97. The topological polar surface area (TPSA) is 83.5 Å². The fraction of sp³-hybridized carbons (Fsp3) is 0.286. The van der Waals surface area contributed by atoms with Crippen LogP contribution in [0.15, 0.2) is 35.3 Å². The number of amidine groups is 1. The highest BCUT2D eigenvalue weighted by molar-refractivity contribution is 5.96. The number of para-hydroxylation sites is 1. The van der Waals surface area contributed by atoms with Crippen molar-refractivity contribution in [1.82, 2.24) is 15.0 Å². The predicted octanol–water partition coefficient (Wildman–Crippen LogP) is 1.04. The Labute approximate surface area is 124 Å². The second-order valence-corrected chi connectivity index (χ2v) is 4.88. The van der Waals surface area contributed by atoms with Crippen molar-refractivity contribution in [2.24, 2.45) is 10.7 Å². The van der Waals surface area contributed by atoms with Crippen molar-refractivity contribution in [1.29, 1.82) is 0 Å². The van der Waals surface area contributed by atoms with Gasteiger partial charge in [0.05, 0.1) is 5.69 Å². The van der Waals surface area contributed by atoms with E-state index in [1.165, 1.54) is 0 Å². The van der Waals surface area contributed by atoms with Gasteiger partial charge in [-0.15, -0.1) is 0 Å². The molecule has 2 N–H and O–H groups in total. The summed E-state index contributed by atoms with van der Waals surface area (Å²) in [5, 5.41) is 0. The fourth-order valence-corrected chi connectivity index (χ4v) is 1.56. The van der Waals surface area contributed by atoms with Crippen molar-refractivity contribution >= 4 is 23.4 Å². The van der Waals surface area contributed by atoms with E-state index in [2.05, 4.69) is 19.9 Å². The number of benzene rings is 1. The van der Waals surface area contributed by atoms with Gasteiger partial charge in [-0.1, -0.05) is 18.2 Å². The summed E-state index contributed by atoms with van der Waals surface area (Å²) in [6, 6.07) is 9.46. The first-order valence-electron chi connectivity index (χ1n) is 6.47. The number of aliphatic imine (C=N–C) groups is 1. The van der Waals surface area contributed by atoms with E-state index in [4.69, 9.17) is 5.73 Å². The highest BCUT2D eigenvalue weighted by Gasteiger charge is 2.12. The average molecular weight is 285 g/mol. The quantitative estimate of drug-likeness (QED) is 0.667. The van der Waals surface area contributed by atoms with Gasteiger partial charge >= 0.3 is 0 Å². The van der Waals surface area contributed by atoms with Gasteiger partial charge in [0.1, 0.15) is 0 Å². The van der Waals surface area contributed by atoms with Crippen LogP contribution in [0, 0.1) is 0 Å². The lowest BCUT2D eigenvalue weighted by molar-refractivity contribution is 0.904. The molecule has 1 heterocycles. The van der Waals surface area contributed by atoms with Crippen LogP contribution < -0.4 is 15.5 Å². The molecule has 0 aliphatic carbocycles. The Balaban J connectivity index is 2.45. The molecule has 2 rings (SSSR count). The molecule has 110 valence electrons. The molecule has 0 amide bonds. The van der Waals surface area contributed by atoms with Gasteiger partial charge in [-0.05, 0) is 12.1 Å². The van der Waals surface area contributed by atoms with Crippen LogP contribution in [0.25, 0.3) is 0 Å². The number of hydrogen-bond acceptors (Lipinski definition) is 6.